The van der Waals surface area contributed by atoms with Gasteiger partial charge in [0.15, 0.2) is 0 Å². The smallest absolute Gasteiger partial charge is 0.253 e. The van der Waals surface area contributed by atoms with E-state index in [1.165, 1.54) is 10.6 Å². The molecule has 0 N–H and O–H groups in total. The lowest BCUT2D eigenvalue weighted by atomic mass is 10.1. The van der Waals surface area contributed by atoms with Crippen LogP contribution >= 0.6 is 11.6 Å². The summed E-state index contributed by atoms with van der Waals surface area (Å²) in [6.45, 7) is 2.11. The van der Waals surface area contributed by atoms with Gasteiger partial charge in [0.05, 0.1) is 23.9 Å². The first-order valence-electron chi connectivity index (χ1n) is 9.02. The highest BCUT2D eigenvalue weighted by Gasteiger charge is 2.27. The molecule has 3 rings (SSSR count). The van der Waals surface area contributed by atoms with Gasteiger partial charge < -0.3 is 14.4 Å². The molecule has 1 atom stereocenters. The van der Waals surface area contributed by atoms with Crippen LogP contribution < -0.4 is 4.74 Å². The van der Waals surface area contributed by atoms with Gasteiger partial charge in [-0.25, -0.2) is 12.7 Å². The van der Waals surface area contributed by atoms with Crippen LogP contribution in [0.15, 0.2) is 18.2 Å². The zero-order valence-corrected chi connectivity index (χ0v) is 17.1. The Kier molecular flexibility index (Phi) is 6.30. The summed E-state index contributed by atoms with van der Waals surface area (Å²) in [4.78, 5) is 14.3. The highest BCUT2D eigenvalue weighted by molar-refractivity contribution is 7.88. The molecule has 0 aliphatic carbocycles. The molecule has 0 saturated carbocycles. The van der Waals surface area contributed by atoms with E-state index in [9.17, 15) is 13.2 Å². The number of sulfonamides is 1. The van der Waals surface area contributed by atoms with Crippen LogP contribution in [0.3, 0.4) is 0 Å². The third-order valence-corrected chi connectivity index (χ3v) is 6.71. The van der Waals surface area contributed by atoms with E-state index in [1.54, 1.807) is 30.1 Å². The number of carbonyl (C=O) groups is 1. The molecule has 2 fully saturated rings. The molecule has 1 aromatic rings. The Hall–Kier alpha value is -1.35. The molecule has 2 saturated heterocycles. The molecule has 27 heavy (non-hydrogen) atoms. The fraction of sp³-hybridized carbons (Fsp3) is 0.611. The van der Waals surface area contributed by atoms with Gasteiger partial charge in [0.25, 0.3) is 5.91 Å². The Bertz CT molecular complexity index is 787. The van der Waals surface area contributed by atoms with Gasteiger partial charge in [-0.3, -0.25) is 4.79 Å². The van der Waals surface area contributed by atoms with Gasteiger partial charge in [0.2, 0.25) is 10.0 Å². The van der Waals surface area contributed by atoms with Gasteiger partial charge >= 0.3 is 0 Å². The first-order valence-corrected chi connectivity index (χ1v) is 11.2. The van der Waals surface area contributed by atoms with Crippen molar-refractivity contribution in [2.24, 2.45) is 0 Å². The maximum atomic E-state index is 12.6. The lowest BCUT2D eigenvalue weighted by molar-refractivity contribution is 0.0711. The predicted octanol–water partition coefficient (Wildman–Crippen LogP) is 2.00. The van der Waals surface area contributed by atoms with Crippen molar-refractivity contribution in [3.63, 3.8) is 0 Å². The van der Waals surface area contributed by atoms with Crippen LogP contribution in [-0.2, 0) is 14.8 Å². The Morgan fingerprint density at radius 2 is 2.00 bits per heavy atom. The normalized spacial score (nSPS) is 22.0. The van der Waals surface area contributed by atoms with Gasteiger partial charge in [0.1, 0.15) is 11.9 Å². The predicted molar refractivity (Wildman–Crippen MR) is 103 cm³/mol. The summed E-state index contributed by atoms with van der Waals surface area (Å²) < 4.78 is 35.9. The van der Waals surface area contributed by atoms with E-state index in [1.807, 2.05) is 0 Å². The first kappa shape index (κ1) is 20.4. The highest BCUT2D eigenvalue weighted by Crippen LogP contribution is 2.29. The lowest BCUT2D eigenvalue weighted by Crippen LogP contribution is -2.41. The molecule has 0 aromatic heterocycles. The van der Waals surface area contributed by atoms with Crippen molar-refractivity contribution < 1.29 is 22.7 Å². The second-order valence-corrected chi connectivity index (χ2v) is 9.45. The van der Waals surface area contributed by atoms with Crippen LogP contribution in [0.1, 0.15) is 29.6 Å². The average molecular weight is 417 g/mol. The molecule has 2 heterocycles. The number of carbonyl (C=O) groups excluding carboxylic acids is 1. The summed E-state index contributed by atoms with van der Waals surface area (Å²) in [5, 5.41) is 0.377. The summed E-state index contributed by atoms with van der Waals surface area (Å²) in [5.74, 6) is 0.415. The number of nitrogens with zero attached hydrogens (tertiary/aromatic N) is 2. The molecule has 1 unspecified atom stereocenters. The second kappa shape index (κ2) is 8.34. The molecule has 0 spiro atoms. The van der Waals surface area contributed by atoms with Crippen LogP contribution in [0.25, 0.3) is 0 Å². The summed E-state index contributed by atoms with van der Waals surface area (Å²) >= 11 is 6.33. The number of halogens is 1. The quantitative estimate of drug-likeness (QED) is 0.733. The van der Waals surface area contributed by atoms with E-state index in [0.717, 1.165) is 6.42 Å². The van der Waals surface area contributed by atoms with Crippen LogP contribution in [0.5, 0.6) is 5.75 Å². The topological polar surface area (TPSA) is 76.2 Å². The number of benzene rings is 1. The van der Waals surface area contributed by atoms with Crippen molar-refractivity contribution >= 4 is 27.5 Å². The number of hydrogen-bond donors (Lipinski definition) is 0. The molecule has 2 aliphatic heterocycles. The molecule has 0 bridgehead atoms. The zero-order valence-electron chi connectivity index (χ0n) is 15.6. The van der Waals surface area contributed by atoms with Gasteiger partial charge in [-0.2, -0.15) is 0 Å². The molecule has 7 nitrogen and oxygen atoms in total. The van der Waals surface area contributed by atoms with Crippen LogP contribution in [0.4, 0.5) is 0 Å². The Balaban J connectivity index is 1.61. The van der Waals surface area contributed by atoms with Crippen LogP contribution in [0.2, 0.25) is 5.02 Å². The second-order valence-electron chi connectivity index (χ2n) is 7.06. The monoisotopic (exact) mass is 416 g/mol. The van der Waals surface area contributed by atoms with Crippen molar-refractivity contribution in [1.29, 1.82) is 0 Å². The number of ether oxygens (including phenoxy) is 2. The third-order valence-electron chi connectivity index (χ3n) is 5.12. The number of likely N-dealkylation sites (N-methyl/N-ethyl adjacent to an activating group) is 1. The summed E-state index contributed by atoms with van der Waals surface area (Å²) in [6.07, 6.45) is 3.17. The SMILES string of the molecule is CN(C(=O)c1ccc(OC2CCN(S(C)(=O)=O)CC2)c(Cl)c1)C1CCOC1. The van der Waals surface area contributed by atoms with Crippen molar-refractivity contribution in [3.05, 3.63) is 28.8 Å². The molecular formula is C18H25ClN2O5S. The summed E-state index contributed by atoms with van der Waals surface area (Å²) in [6, 6.07) is 5.13. The molecule has 2 aliphatic rings. The van der Waals surface area contributed by atoms with E-state index in [2.05, 4.69) is 0 Å². The van der Waals surface area contributed by atoms with E-state index in [4.69, 9.17) is 21.1 Å². The number of rotatable bonds is 5. The first-order chi connectivity index (χ1) is 12.8. The standard InChI is InChI=1S/C18H25ClN2O5S/c1-20(14-7-10-25-12-14)18(22)13-3-4-17(16(19)11-13)26-15-5-8-21(9-6-15)27(2,23)24/h3-4,11,14-15H,5-10,12H2,1-2H3. The number of hydrogen-bond acceptors (Lipinski definition) is 5. The van der Waals surface area contributed by atoms with Crippen molar-refractivity contribution in [3.8, 4) is 5.75 Å². The Morgan fingerprint density at radius 3 is 2.56 bits per heavy atom. The zero-order chi connectivity index (χ0) is 19.6. The van der Waals surface area contributed by atoms with Crippen molar-refractivity contribution in [1.82, 2.24) is 9.21 Å². The van der Waals surface area contributed by atoms with Gasteiger partial charge in [-0.1, -0.05) is 11.6 Å². The lowest BCUT2D eigenvalue weighted by Gasteiger charge is -2.30. The third kappa shape index (κ3) is 4.93. The van der Waals surface area contributed by atoms with Crippen molar-refractivity contribution in [2.45, 2.75) is 31.4 Å². The molecule has 1 amide bonds. The summed E-state index contributed by atoms with van der Waals surface area (Å²) in [7, 11) is -1.39. The number of piperidine rings is 1. The molecule has 9 heteroatoms. The maximum Gasteiger partial charge on any atom is 0.253 e. The fourth-order valence-electron chi connectivity index (χ4n) is 3.39. The average Bonchev–Trinajstić information content (AvgIpc) is 3.16. The molecule has 0 radical (unpaired) electrons. The van der Waals surface area contributed by atoms with Crippen molar-refractivity contribution in [2.75, 3.05) is 39.6 Å². The number of amides is 1. The minimum atomic E-state index is -3.16. The minimum Gasteiger partial charge on any atom is -0.489 e. The van der Waals surface area contributed by atoms with Crippen LogP contribution in [0, 0.1) is 0 Å². The van der Waals surface area contributed by atoms with Gasteiger partial charge in [0, 0.05) is 32.3 Å². The summed E-state index contributed by atoms with van der Waals surface area (Å²) in [5.41, 5.74) is 0.508. The fourth-order valence-corrected chi connectivity index (χ4v) is 4.49. The molecule has 150 valence electrons. The Morgan fingerprint density at radius 1 is 1.30 bits per heavy atom. The van der Waals surface area contributed by atoms with Gasteiger partial charge in [-0.05, 0) is 37.5 Å². The minimum absolute atomic E-state index is 0.0900. The van der Waals surface area contributed by atoms with E-state index >= 15 is 0 Å². The Labute approximate surface area is 165 Å². The maximum absolute atomic E-state index is 12.6. The highest BCUT2D eigenvalue weighted by atomic mass is 35.5. The largest absolute Gasteiger partial charge is 0.489 e. The molecular weight excluding hydrogens is 392 g/mol. The van der Waals surface area contributed by atoms with Crippen LogP contribution in [-0.4, -0.2) is 75.3 Å². The van der Waals surface area contributed by atoms with E-state index in [0.29, 0.717) is 55.5 Å². The van der Waals surface area contributed by atoms with E-state index in [-0.39, 0.29) is 18.1 Å². The van der Waals surface area contributed by atoms with E-state index < -0.39 is 10.0 Å². The molecule has 1 aromatic carbocycles. The van der Waals surface area contributed by atoms with Gasteiger partial charge in [-0.15, -0.1) is 0 Å².